The summed E-state index contributed by atoms with van der Waals surface area (Å²) in [5.74, 6) is 1.96. The second-order valence-electron chi connectivity index (χ2n) is 4.55. The summed E-state index contributed by atoms with van der Waals surface area (Å²) in [5, 5.41) is 0. The van der Waals surface area contributed by atoms with E-state index in [0.29, 0.717) is 22.7 Å². The van der Waals surface area contributed by atoms with Crippen molar-refractivity contribution in [2.24, 2.45) is 0 Å². The molecule has 104 valence electrons. The molecule has 1 aliphatic rings. The Balaban J connectivity index is 2.05. The van der Waals surface area contributed by atoms with Crippen LogP contribution in [-0.4, -0.2) is 23.7 Å². The maximum absolute atomic E-state index is 5.92. The zero-order valence-electron chi connectivity index (χ0n) is 11.0. The van der Waals surface area contributed by atoms with Crippen LogP contribution >= 0.6 is 15.9 Å². The molecule has 2 aromatic rings. The van der Waals surface area contributed by atoms with Crippen LogP contribution in [0.1, 0.15) is 11.3 Å². The molecule has 0 amide bonds. The van der Waals surface area contributed by atoms with E-state index in [1.54, 1.807) is 7.11 Å². The maximum atomic E-state index is 5.92. The van der Waals surface area contributed by atoms with E-state index in [-0.39, 0.29) is 0 Å². The van der Waals surface area contributed by atoms with Crippen LogP contribution in [0.5, 0.6) is 5.75 Å². The molecule has 20 heavy (non-hydrogen) atoms. The number of nitrogens with two attached hydrogens (primary N) is 1. The number of hydrogen-bond acceptors (Lipinski definition) is 5. The van der Waals surface area contributed by atoms with Crippen molar-refractivity contribution in [2.75, 3.05) is 19.5 Å². The number of rotatable bonds is 3. The number of hydrogen-bond donors (Lipinski definition) is 1. The fourth-order valence-electron chi connectivity index (χ4n) is 2.20. The van der Waals surface area contributed by atoms with E-state index in [4.69, 9.17) is 15.2 Å². The van der Waals surface area contributed by atoms with Gasteiger partial charge in [0.2, 0.25) is 0 Å². The van der Waals surface area contributed by atoms with E-state index in [2.05, 4.69) is 32.0 Å². The standard InChI is InChI=1S/C14H14BrN3O2/c1-19-7-10-12(15)13(16)18-14(17-10)9-2-3-11-8(6-9)4-5-20-11/h2-3,6H,4-5,7H2,1H3,(H2,16,17,18). The highest BCUT2D eigenvalue weighted by Gasteiger charge is 2.16. The molecule has 0 atom stereocenters. The molecule has 3 rings (SSSR count). The van der Waals surface area contributed by atoms with Gasteiger partial charge in [-0.15, -0.1) is 0 Å². The number of benzene rings is 1. The van der Waals surface area contributed by atoms with Crippen LogP contribution in [0.2, 0.25) is 0 Å². The van der Waals surface area contributed by atoms with E-state index in [1.807, 2.05) is 12.1 Å². The van der Waals surface area contributed by atoms with Crippen LogP contribution in [0.4, 0.5) is 5.82 Å². The van der Waals surface area contributed by atoms with Crippen LogP contribution in [-0.2, 0) is 17.8 Å². The minimum absolute atomic E-state index is 0.383. The van der Waals surface area contributed by atoms with E-state index < -0.39 is 0 Å². The second kappa shape index (κ2) is 5.38. The third-order valence-electron chi connectivity index (χ3n) is 3.17. The first kappa shape index (κ1) is 13.3. The zero-order chi connectivity index (χ0) is 14.1. The normalized spacial score (nSPS) is 13.1. The SMILES string of the molecule is COCc1nc(-c2ccc3c(c2)CCO3)nc(N)c1Br. The van der Waals surface area contributed by atoms with Crippen molar-refractivity contribution in [3.8, 4) is 17.1 Å². The lowest BCUT2D eigenvalue weighted by atomic mass is 10.1. The van der Waals surface area contributed by atoms with Gasteiger partial charge in [-0.2, -0.15) is 0 Å². The molecular formula is C14H14BrN3O2. The molecule has 5 nitrogen and oxygen atoms in total. The van der Waals surface area contributed by atoms with Gasteiger partial charge in [0.1, 0.15) is 11.6 Å². The molecule has 0 saturated heterocycles. The average Bonchev–Trinajstić information content (AvgIpc) is 2.91. The Kier molecular flexibility index (Phi) is 3.58. The van der Waals surface area contributed by atoms with E-state index in [0.717, 1.165) is 30.0 Å². The topological polar surface area (TPSA) is 70.3 Å². The highest BCUT2D eigenvalue weighted by Crippen LogP contribution is 2.31. The van der Waals surface area contributed by atoms with Crippen LogP contribution in [0.15, 0.2) is 22.7 Å². The van der Waals surface area contributed by atoms with Gasteiger partial charge < -0.3 is 15.2 Å². The molecule has 2 heterocycles. The Morgan fingerprint density at radius 1 is 1.40 bits per heavy atom. The summed E-state index contributed by atoms with van der Waals surface area (Å²) >= 11 is 3.39. The summed E-state index contributed by atoms with van der Waals surface area (Å²) < 4.78 is 11.3. The number of ether oxygens (including phenoxy) is 2. The van der Waals surface area contributed by atoms with Crippen molar-refractivity contribution >= 4 is 21.7 Å². The second-order valence-corrected chi connectivity index (χ2v) is 5.34. The molecule has 1 aromatic carbocycles. The van der Waals surface area contributed by atoms with Gasteiger partial charge >= 0.3 is 0 Å². The van der Waals surface area contributed by atoms with Crippen LogP contribution in [0.25, 0.3) is 11.4 Å². The van der Waals surface area contributed by atoms with Gasteiger partial charge in [-0.05, 0) is 39.7 Å². The first-order valence-electron chi connectivity index (χ1n) is 6.26. The van der Waals surface area contributed by atoms with Crippen molar-refractivity contribution in [2.45, 2.75) is 13.0 Å². The Hall–Kier alpha value is -1.66. The number of nitrogens with zero attached hydrogens (tertiary/aromatic N) is 2. The molecule has 0 bridgehead atoms. The number of nitrogen functional groups attached to an aromatic ring is 1. The fourth-order valence-corrected chi connectivity index (χ4v) is 2.49. The van der Waals surface area contributed by atoms with Crippen LogP contribution in [0, 0.1) is 0 Å². The van der Waals surface area contributed by atoms with Crippen LogP contribution < -0.4 is 10.5 Å². The predicted octanol–water partition coefficient (Wildman–Crippen LogP) is 2.57. The number of anilines is 1. The minimum atomic E-state index is 0.383. The lowest BCUT2D eigenvalue weighted by Crippen LogP contribution is -2.04. The maximum Gasteiger partial charge on any atom is 0.161 e. The van der Waals surface area contributed by atoms with Gasteiger partial charge in [0, 0.05) is 19.1 Å². The van der Waals surface area contributed by atoms with Crippen molar-refractivity contribution in [1.82, 2.24) is 9.97 Å². The van der Waals surface area contributed by atoms with Gasteiger partial charge in [-0.3, -0.25) is 0 Å². The molecule has 1 aromatic heterocycles. The molecule has 0 aliphatic carbocycles. The lowest BCUT2D eigenvalue weighted by molar-refractivity contribution is 0.181. The minimum Gasteiger partial charge on any atom is -0.493 e. The van der Waals surface area contributed by atoms with E-state index in [9.17, 15) is 0 Å². The third kappa shape index (κ3) is 2.36. The Bertz CT molecular complexity index is 661. The first-order chi connectivity index (χ1) is 9.69. The first-order valence-corrected chi connectivity index (χ1v) is 7.05. The monoisotopic (exact) mass is 335 g/mol. The summed E-state index contributed by atoms with van der Waals surface area (Å²) in [7, 11) is 1.62. The predicted molar refractivity (Wildman–Crippen MR) is 79.5 cm³/mol. The highest BCUT2D eigenvalue weighted by molar-refractivity contribution is 9.10. The molecule has 0 saturated carbocycles. The quantitative estimate of drug-likeness (QED) is 0.933. The molecule has 0 fully saturated rings. The van der Waals surface area contributed by atoms with Crippen molar-refractivity contribution in [3.63, 3.8) is 0 Å². The van der Waals surface area contributed by atoms with Gasteiger partial charge in [0.15, 0.2) is 5.82 Å². The molecule has 2 N–H and O–H groups in total. The Morgan fingerprint density at radius 2 is 2.25 bits per heavy atom. The molecule has 6 heteroatoms. The third-order valence-corrected chi connectivity index (χ3v) is 4.04. The summed E-state index contributed by atoms with van der Waals surface area (Å²) in [4.78, 5) is 8.85. The zero-order valence-corrected chi connectivity index (χ0v) is 12.6. The number of aromatic nitrogens is 2. The number of methoxy groups -OCH3 is 1. The van der Waals surface area contributed by atoms with Crippen molar-refractivity contribution in [3.05, 3.63) is 33.9 Å². The van der Waals surface area contributed by atoms with Gasteiger partial charge in [0.05, 0.1) is 23.4 Å². The highest BCUT2D eigenvalue weighted by atomic mass is 79.9. The molecule has 0 spiro atoms. The average molecular weight is 336 g/mol. The smallest absolute Gasteiger partial charge is 0.161 e. The van der Waals surface area contributed by atoms with Gasteiger partial charge in [-0.25, -0.2) is 9.97 Å². The van der Waals surface area contributed by atoms with Gasteiger partial charge in [-0.1, -0.05) is 0 Å². The van der Waals surface area contributed by atoms with Crippen molar-refractivity contribution in [1.29, 1.82) is 0 Å². The lowest BCUT2D eigenvalue weighted by Gasteiger charge is -2.09. The summed E-state index contributed by atoms with van der Waals surface area (Å²) in [5.41, 5.74) is 8.78. The van der Waals surface area contributed by atoms with E-state index >= 15 is 0 Å². The molecule has 0 unspecified atom stereocenters. The van der Waals surface area contributed by atoms with Crippen molar-refractivity contribution < 1.29 is 9.47 Å². The van der Waals surface area contributed by atoms with E-state index in [1.165, 1.54) is 5.56 Å². The van der Waals surface area contributed by atoms with Gasteiger partial charge in [0.25, 0.3) is 0 Å². The fraction of sp³-hybridized carbons (Fsp3) is 0.286. The van der Waals surface area contributed by atoms with Crippen LogP contribution in [0.3, 0.4) is 0 Å². The summed E-state index contributed by atoms with van der Waals surface area (Å²) in [6.45, 7) is 1.12. The summed E-state index contributed by atoms with van der Waals surface area (Å²) in [6.07, 6.45) is 0.917. The largest absolute Gasteiger partial charge is 0.493 e. The number of halogens is 1. The Labute approximate surface area is 125 Å². The summed E-state index contributed by atoms with van der Waals surface area (Å²) in [6, 6.07) is 5.96. The molecule has 1 aliphatic heterocycles. The number of fused-ring (bicyclic) bond motifs is 1. The Morgan fingerprint density at radius 3 is 3.05 bits per heavy atom. The molecule has 0 radical (unpaired) electrons. The molecular weight excluding hydrogens is 322 g/mol.